The molecule has 3 heterocycles. The number of nitrogens with zero attached hydrogens (tertiary/aromatic N) is 4. The molecule has 0 bridgehead atoms. The van der Waals surface area contributed by atoms with Crippen LogP contribution < -0.4 is 0 Å². The number of benzene rings is 5. The second-order valence-corrected chi connectivity index (χ2v) is 11.2. The number of rotatable bonds is 6. The van der Waals surface area contributed by atoms with E-state index in [0.717, 1.165) is 61.2 Å². The van der Waals surface area contributed by atoms with Gasteiger partial charge in [-0.1, -0.05) is 127 Å². The molecule has 8 rings (SSSR count). The molecule has 3 aromatic heterocycles. The van der Waals surface area contributed by atoms with Gasteiger partial charge < -0.3 is 0 Å². The first-order chi connectivity index (χ1) is 22.8. The molecule has 4 nitrogen and oxygen atoms in total. The van der Waals surface area contributed by atoms with Gasteiger partial charge in [0.1, 0.15) is 0 Å². The van der Waals surface area contributed by atoms with Gasteiger partial charge in [-0.05, 0) is 52.1 Å². The largest absolute Gasteiger partial charge is 0.264 e. The summed E-state index contributed by atoms with van der Waals surface area (Å²) in [6.07, 6.45) is 5.51. The van der Waals surface area contributed by atoms with Gasteiger partial charge in [-0.2, -0.15) is 0 Å². The molecule has 0 aliphatic rings. The summed E-state index contributed by atoms with van der Waals surface area (Å²) in [6.45, 7) is 0. The average Bonchev–Trinajstić information content (AvgIpc) is 3.15. The van der Waals surface area contributed by atoms with Gasteiger partial charge >= 0.3 is 0 Å². The van der Waals surface area contributed by atoms with Crippen molar-refractivity contribution in [1.82, 2.24) is 19.9 Å². The van der Waals surface area contributed by atoms with Crippen molar-refractivity contribution in [2.24, 2.45) is 0 Å². The molecule has 0 aliphatic heterocycles. The van der Waals surface area contributed by atoms with E-state index in [-0.39, 0.29) is 0 Å². The Morgan fingerprint density at radius 3 is 1.74 bits per heavy atom. The zero-order chi connectivity index (χ0) is 30.7. The molecule has 0 aliphatic carbocycles. The van der Waals surface area contributed by atoms with Crippen LogP contribution in [-0.4, -0.2) is 19.9 Å². The van der Waals surface area contributed by atoms with Gasteiger partial charge in [-0.3, -0.25) is 9.97 Å². The smallest absolute Gasteiger partial charge is 0.160 e. The van der Waals surface area contributed by atoms with Crippen LogP contribution in [0.2, 0.25) is 0 Å². The van der Waals surface area contributed by atoms with Crippen LogP contribution in [0.1, 0.15) is 0 Å². The number of fused-ring (bicyclic) bond motifs is 1. The summed E-state index contributed by atoms with van der Waals surface area (Å²) in [5.41, 5.74) is 12.4. The molecule has 0 atom stereocenters. The quantitative estimate of drug-likeness (QED) is 0.194. The summed E-state index contributed by atoms with van der Waals surface area (Å²) in [4.78, 5) is 19.2. The highest BCUT2D eigenvalue weighted by Crippen LogP contribution is 2.33. The molecular weight excluding hydrogens is 560 g/mol. The van der Waals surface area contributed by atoms with Crippen molar-refractivity contribution >= 4 is 10.9 Å². The molecule has 0 radical (unpaired) electrons. The van der Waals surface area contributed by atoms with E-state index < -0.39 is 0 Å². The summed E-state index contributed by atoms with van der Waals surface area (Å²) in [7, 11) is 0. The lowest BCUT2D eigenvalue weighted by Crippen LogP contribution is -1.96. The van der Waals surface area contributed by atoms with Gasteiger partial charge in [0.25, 0.3) is 0 Å². The maximum absolute atomic E-state index is 5.12. The van der Waals surface area contributed by atoms with Crippen molar-refractivity contribution in [3.63, 3.8) is 0 Å². The van der Waals surface area contributed by atoms with Crippen molar-refractivity contribution in [2.45, 2.75) is 0 Å². The summed E-state index contributed by atoms with van der Waals surface area (Å²) in [5, 5.41) is 1.12. The highest BCUT2D eigenvalue weighted by Gasteiger charge is 2.13. The molecule has 4 heteroatoms. The van der Waals surface area contributed by atoms with Crippen LogP contribution in [0.25, 0.3) is 78.2 Å². The van der Waals surface area contributed by atoms with Crippen molar-refractivity contribution in [3.05, 3.63) is 170 Å². The van der Waals surface area contributed by atoms with Crippen LogP contribution in [0.4, 0.5) is 0 Å². The molecule has 8 aromatic rings. The SMILES string of the molecule is c1ccc(-c2ccc(-c3cc(-c4cccc(-c5cccc6cccnc56)c4)nc(-c4ccc(-c5cccnc5)cc4)n3)cc2)cc1. The van der Waals surface area contributed by atoms with E-state index in [1.165, 1.54) is 11.1 Å². The Kier molecular flexibility index (Phi) is 7.14. The summed E-state index contributed by atoms with van der Waals surface area (Å²) in [5.74, 6) is 0.676. The summed E-state index contributed by atoms with van der Waals surface area (Å²) >= 11 is 0. The average molecular weight is 589 g/mol. The first-order valence-corrected chi connectivity index (χ1v) is 15.3. The van der Waals surface area contributed by atoms with Crippen molar-refractivity contribution < 1.29 is 0 Å². The number of para-hydroxylation sites is 1. The molecule has 0 fully saturated rings. The molecule has 0 N–H and O–H groups in total. The second kappa shape index (κ2) is 12.0. The molecule has 216 valence electrons. The lowest BCUT2D eigenvalue weighted by molar-refractivity contribution is 1.18. The van der Waals surface area contributed by atoms with Crippen LogP contribution in [-0.2, 0) is 0 Å². The molecule has 0 amide bonds. The standard InChI is InChI=1S/C42H28N4/c1-2-8-29(9-3-1)30-16-20-32(21-17-30)39-27-40(46-42(45-39)34-22-18-31(19-23-34)37-14-6-24-43-28-37)36-12-4-11-35(26-36)38-15-5-10-33-13-7-25-44-41(33)38/h1-28H. The first kappa shape index (κ1) is 27.3. The highest BCUT2D eigenvalue weighted by atomic mass is 14.9. The van der Waals surface area contributed by atoms with Crippen molar-refractivity contribution in [3.8, 4) is 67.3 Å². The van der Waals surface area contributed by atoms with E-state index in [1.807, 2.05) is 30.6 Å². The second-order valence-electron chi connectivity index (χ2n) is 11.2. The minimum atomic E-state index is 0.676. The van der Waals surface area contributed by atoms with Crippen molar-refractivity contribution in [2.75, 3.05) is 0 Å². The third-order valence-electron chi connectivity index (χ3n) is 8.25. The first-order valence-electron chi connectivity index (χ1n) is 15.3. The lowest BCUT2D eigenvalue weighted by atomic mass is 9.98. The van der Waals surface area contributed by atoms with Crippen LogP contribution in [0.3, 0.4) is 0 Å². The maximum Gasteiger partial charge on any atom is 0.160 e. The Balaban J connectivity index is 1.23. The van der Waals surface area contributed by atoms with E-state index in [4.69, 9.17) is 15.0 Å². The molecule has 0 saturated heterocycles. The lowest BCUT2D eigenvalue weighted by Gasteiger charge is -2.12. The Morgan fingerprint density at radius 2 is 0.957 bits per heavy atom. The number of hydrogen-bond acceptors (Lipinski definition) is 4. The van der Waals surface area contributed by atoms with Gasteiger partial charge in [-0.25, -0.2) is 9.97 Å². The predicted molar refractivity (Wildman–Crippen MR) is 188 cm³/mol. The Bertz CT molecular complexity index is 2170. The minimum absolute atomic E-state index is 0.676. The topological polar surface area (TPSA) is 51.6 Å². The maximum atomic E-state index is 5.12. The number of pyridine rings is 2. The highest BCUT2D eigenvalue weighted by molar-refractivity contribution is 5.94. The molecule has 5 aromatic carbocycles. The Hall–Kier alpha value is -6.26. The van der Waals surface area contributed by atoms with E-state index in [1.54, 1.807) is 6.20 Å². The van der Waals surface area contributed by atoms with E-state index in [9.17, 15) is 0 Å². The predicted octanol–water partition coefficient (Wildman–Crippen LogP) is 10.4. The Labute approximate surface area is 267 Å². The molecule has 0 saturated carbocycles. The Morgan fingerprint density at radius 1 is 0.370 bits per heavy atom. The van der Waals surface area contributed by atoms with Crippen LogP contribution in [0.15, 0.2) is 170 Å². The van der Waals surface area contributed by atoms with Crippen LogP contribution in [0, 0.1) is 0 Å². The van der Waals surface area contributed by atoms with Crippen LogP contribution >= 0.6 is 0 Å². The monoisotopic (exact) mass is 588 g/mol. The fraction of sp³-hybridized carbons (Fsp3) is 0. The molecule has 46 heavy (non-hydrogen) atoms. The third kappa shape index (κ3) is 5.44. The molecule has 0 spiro atoms. The number of hydrogen-bond donors (Lipinski definition) is 0. The summed E-state index contributed by atoms with van der Waals surface area (Å²) in [6, 6.07) is 52.4. The van der Waals surface area contributed by atoms with E-state index >= 15 is 0 Å². The summed E-state index contributed by atoms with van der Waals surface area (Å²) < 4.78 is 0. The van der Waals surface area contributed by atoms with Crippen LogP contribution in [0.5, 0.6) is 0 Å². The van der Waals surface area contributed by atoms with E-state index in [2.05, 4.69) is 138 Å². The van der Waals surface area contributed by atoms with Gasteiger partial charge in [0, 0.05) is 46.2 Å². The molecule has 0 unspecified atom stereocenters. The van der Waals surface area contributed by atoms with Gasteiger partial charge in [0.2, 0.25) is 0 Å². The van der Waals surface area contributed by atoms with Gasteiger partial charge in [-0.15, -0.1) is 0 Å². The van der Waals surface area contributed by atoms with Crippen molar-refractivity contribution in [1.29, 1.82) is 0 Å². The normalized spacial score (nSPS) is 11.0. The zero-order valence-electron chi connectivity index (χ0n) is 25.0. The number of aromatic nitrogens is 4. The molecular formula is C42H28N4. The fourth-order valence-electron chi connectivity index (χ4n) is 5.86. The van der Waals surface area contributed by atoms with E-state index in [0.29, 0.717) is 5.82 Å². The fourth-order valence-corrected chi connectivity index (χ4v) is 5.86. The van der Waals surface area contributed by atoms with Gasteiger partial charge in [0.05, 0.1) is 16.9 Å². The minimum Gasteiger partial charge on any atom is -0.264 e. The van der Waals surface area contributed by atoms with Gasteiger partial charge in [0.15, 0.2) is 5.82 Å². The third-order valence-corrected chi connectivity index (χ3v) is 8.25. The zero-order valence-corrected chi connectivity index (χ0v) is 25.0.